The monoisotopic (exact) mass is 266 g/mol. The third-order valence-corrected chi connectivity index (χ3v) is 3.25. The Morgan fingerprint density at radius 3 is 2.65 bits per heavy atom. The van der Waals surface area contributed by atoms with Crippen molar-refractivity contribution in [3.05, 3.63) is 64.7 Å². The SMILES string of the molecule is Cc1cc([C@@H](C)N)ccc1OCc1ccccc1C#N. The number of benzene rings is 2. The molecule has 1 atom stereocenters. The van der Waals surface area contributed by atoms with Crippen LogP contribution in [0.3, 0.4) is 0 Å². The van der Waals surface area contributed by atoms with E-state index in [9.17, 15) is 0 Å². The molecule has 0 aliphatic heterocycles. The van der Waals surface area contributed by atoms with Crippen LogP contribution in [0, 0.1) is 18.3 Å². The molecule has 2 aromatic carbocycles. The molecular weight excluding hydrogens is 248 g/mol. The van der Waals surface area contributed by atoms with Gasteiger partial charge in [-0.25, -0.2) is 0 Å². The van der Waals surface area contributed by atoms with Crippen LogP contribution in [0.2, 0.25) is 0 Å². The highest BCUT2D eigenvalue weighted by Crippen LogP contribution is 2.23. The standard InChI is InChI=1S/C17H18N2O/c1-12-9-14(13(2)19)7-8-17(12)20-11-16-6-4-3-5-15(16)10-18/h3-9,13H,11,19H2,1-2H3/t13-/m1/s1. The van der Waals surface area contributed by atoms with Gasteiger partial charge in [0.15, 0.2) is 0 Å². The van der Waals surface area contributed by atoms with Gasteiger partial charge in [0.1, 0.15) is 12.4 Å². The minimum Gasteiger partial charge on any atom is -0.489 e. The van der Waals surface area contributed by atoms with Gasteiger partial charge >= 0.3 is 0 Å². The molecule has 0 spiro atoms. The maximum Gasteiger partial charge on any atom is 0.122 e. The van der Waals surface area contributed by atoms with Crippen molar-refractivity contribution in [3.63, 3.8) is 0 Å². The van der Waals surface area contributed by atoms with Gasteiger partial charge in [0, 0.05) is 11.6 Å². The summed E-state index contributed by atoms with van der Waals surface area (Å²) in [4.78, 5) is 0. The molecule has 0 radical (unpaired) electrons. The summed E-state index contributed by atoms with van der Waals surface area (Å²) in [5.74, 6) is 0.821. The molecule has 102 valence electrons. The second kappa shape index (κ2) is 6.23. The third-order valence-electron chi connectivity index (χ3n) is 3.25. The first-order valence-electron chi connectivity index (χ1n) is 6.58. The van der Waals surface area contributed by atoms with Crippen molar-refractivity contribution >= 4 is 0 Å². The zero-order valence-electron chi connectivity index (χ0n) is 11.8. The fraction of sp³-hybridized carbons (Fsp3) is 0.235. The Morgan fingerprint density at radius 2 is 2.00 bits per heavy atom. The van der Waals surface area contributed by atoms with Crippen molar-refractivity contribution in [2.75, 3.05) is 0 Å². The first kappa shape index (κ1) is 14.1. The van der Waals surface area contributed by atoms with E-state index in [4.69, 9.17) is 15.7 Å². The lowest BCUT2D eigenvalue weighted by molar-refractivity contribution is 0.303. The van der Waals surface area contributed by atoms with Crippen LogP contribution in [-0.4, -0.2) is 0 Å². The first-order chi connectivity index (χ1) is 9.61. The molecule has 20 heavy (non-hydrogen) atoms. The summed E-state index contributed by atoms with van der Waals surface area (Å²) in [6, 6.07) is 15.6. The second-order valence-corrected chi connectivity index (χ2v) is 4.87. The summed E-state index contributed by atoms with van der Waals surface area (Å²) < 4.78 is 5.81. The lowest BCUT2D eigenvalue weighted by Crippen LogP contribution is -2.06. The average molecular weight is 266 g/mol. The van der Waals surface area contributed by atoms with Crippen molar-refractivity contribution in [1.29, 1.82) is 5.26 Å². The molecule has 0 aromatic heterocycles. The van der Waals surface area contributed by atoms with Crippen molar-refractivity contribution in [3.8, 4) is 11.8 Å². The lowest BCUT2D eigenvalue weighted by Gasteiger charge is -2.13. The summed E-state index contributed by atoms with van der Waals surface area (Å²) in [6.45, 7) is 4.35. The molecule has 0 fully saturated rings. The van der Waals surface area contributed by atoms with E-state index in [0.717, 1.165) is 22.4 Å². The van der Waals surface area contributed by atoms with E-state index in [1.54, 1.807) is 6.07 Å². The predicted octanol–water partition coefficient (Wildman–Crippen LogP) is 3.47. The van der Waals surface area contributed by atoms with Gasteiger partial charge < -0.3 is 10.5 Å². The molecule has 2 aromatic rings. The van der Waals surface area contributed by atoms with E-state index in [1.165, 1.54) is 0 Å². The van der Waals surface area contributed by atoms with Gasteiger partial charge in [-0.3, -0.25) is 0 Å². The minimum absolute atomic E-state index is 0.0158. The van der Waals surface area contributed by atoms with E-state index in [2.05, 4.69) is 6.07 Å². The summed E-state index contributed by atoms with van der Waals surface area (Å²) in [5, 5.41) is 9.05. The number of aryl methyl sites for hydroxylation is 1. The van der Waals surface area contributed by atoms with Gasteiger partial charge in [0.25, 0.3) is 0 Å². The molecular formula is C17H18N2O. The van der Waals surface area contributed by atoms with Crippen molar-refractivity contribution in [2.45, 2.75) is 26.5 Å². The highest BCUT2D eigenvalue weighted by atomic mass is 16.5. The van der Waals surface area contributed by atoms with Crippen LogP contribution < -0.4 is 10.5 Å². The quantitative estimate of drug-likeness (QED) is 0.921. The average Bonchev–Trinajstić information content (AvgIpc) is 2.46. The van der Waals surface area contributed by atoms with Crippen LogP contribution in [0.15, 0.2) is 42.5 Å². The molecule has 2 N–H and O–H groups in total. The molecule has 0 aliphatic rings. The molecule has 0 amide bonds. The van der Waals surface area contributed by atoms with Crippen molar-refractivity contribution in [1.82, 2.24) is 0 Å². The Morgan fingerprint density at radius 1 is 1.25 bits per heavy atom. The van der Waals surface area contributed by atoms with E-state index >= 15 is 0 Å². The number of rotatable bonds is 4. The Balaban J connectivity index is 2.14. The number of nitrogens with zero attached hydrogens (tertiary/aromatic N) is 1. The van der Waals surface area contributed by atoms with Crippen LogP contribution in [0.1, 0.15) is 35.2 Å². The third kappa shape index (κ3) is 3.17. The van der Waals surface area contributed by atoms with Crippen LogP contribution in [0.5, 0.6) is 5.75 Å². The Labute approximate surface area is 119 Å². The van der Waals surface area contributed by atoms with Crippen LogP contribution in [0.4, 0.5) is 0 Å². The molecule has 3 heteroatoms. The Hall–Kier alpha value is -2.31. The van der Waals surface area contributed by atoms with Crippen LogP contribution in [-0.2, 0) is 6.61 Å². The van der Waals surface area contributed by atoms with Gasteiger partial charge in [0.2, 0.25) is 0 Å². The Kier molecular flexibility index (Phi) is 4.39. The zero-order valence-corrected chi connectivity index (χ0v) is 11.8. The normalized spacial score (nSPS) is 11.7. The summed E-state index contributed by atoms with van der Waals surface area (Å²) in [7, 11) is 0. The highest BCUT2D eigenvalue weighted by Gasteiger charge is 2.06. The minimum atomic E-state index is 0.0158. The maximum atomic E-state index is 9.05. The molecule has 0 saturated heterocycles. The van der Waals surface area contributed by atoms with E-state index < -0.39 is 0 Å². The predicted molar refractivity (Wildman–Crippen MR) is 79.3 cm³/mol. The van der Waals surface area contributed by atoms with Gasteiger partial charge in [-0.15, -0.1) is 0 Å². The van der Waals surface area contributed by atoms with E-state index in [1.807, 2.05) is 50.2 Å². The fourth-order valence-corrected chi connectivity index (χ4v) is 2.03. The molecule has 0 bridgehead atoms. The highest BCUT2D eigenvalue weighted by molar-refractivity contribution is 5.39. The number of nitrogens with two attached hydrogens (primary N) is 1. The van der Waals surface area contributed by atoms with Crippen LogP contribution >= 0.6 is 0 Å². The number of ether oxygens (including phenoxy) is 1. The number of nitriles is 1. The van der Waals surface area contributed by atoms with Gasteiger partial charge in [-0.1, -0.05) is 30.3 Å². The molecule has 0 unspecified atom stereocenters. The molecule has 3 nitrogen and oxygen atoms in total. The second-order valence-electron chi connectivity index (χ2n) is 4.87. The lowest BCUT2D eigenvalue weighted by atomic mass is 10.1. The van der Waals surface area contributed by atoms with E-state index in [0.29, 0.717) is 12.2 Å². The van der Waals surface area contributed by atoms with Gasteiger partial charge in [-0.05, 0) is 37.1 Å². The Bertz CT molecular complexity index is 642. The van der Waals surface area contributed by atoms with E-state index in [-0.39, 0.29) is 6.04 Å². The summed E-state index contributed by atoms with van der Waals surface area (Å²) in [6.07, 6.45) is 0. The van der Waals surface area contributed by atoms with Gasteiger partial charge in [-0.2, -0.15) is 5.26 Å². The molecule has 2 rings (SSSR count). The summed E-state index contributed by atoms with van der Waals surface area (Å²) in [5.41, 5.74) is 9.54. The molecule has 0 aliphatic carbocycles. The first-order valence-corrected chi connectivity index (χ1v) is 6.58. The smallest absolute Gasteiger partial charge is 0.122 e. The number of hydrogen-bond donors (Lipinski definition) is 1. The fourth-order valence-electron chi connectivity index (χ4n) is 2.03. The van der Waals surface area contributed by atoms with Crippen molar-refractivity contribution in [2.24, 2.45) is 5.73 Å². The molecule has 0 heterocycles. The van der Waals surface area contributed by atoms with Crippen LogP contribution in [0.25, 0.3) is 0 Å². The van der Waals surface area contributed by atoms with Gasteiger partial charge in [0.05, 0.1) is 11.6 Å². The zero-order chi connectivity index (χ0) is 14.5. The molecule has 0 saturated carbocycles. The number of hydrogen-bond acceptors (Lipinski definition) is 3. The van der Waals surface area contributed by atoms with Crippen molar-refractivity contribution < 1.29 is 4.74 Å². The topological polar surface area (TPSA) is 59.0 Å². The summed E-state index contributed by atoms with van der Waals surface area (Å²) >= 11 is 0. The maximum absolute atomic E-state index is 9.05. The largest absolute Gasteiger partial charge is 0.489 e.